The highest BCUT2D eigenvalue weighted by atomic mass is 19.1. The zero-order chi connectivity index (χ0) is 21.0. The highest BCUT2D eigenvalue weighted by molar-refractivity contribution is 5.92. The lowest BCUT2D eigenvalue weighted by atomic mass is 10.1. The first-order chi connectivity index (χ1) is 13.9. The molecule has 0 aliphatic carbocycles. The SMILES string of the molecule is Cc1cc(=O)c(C(=O)NCCc2ccccc2F)nn1-c1ccccc1[N+](=O)[O-]. The van der Waals surface area contributed by atoms with E-state index in [9.17, 15) is 24.1 Å². The van der Waals surface area contributed by atoms with Crippen LogP contribution in [0.25, 0.3) is 5.69 Å². The van der Waals surface area contributed by atoms with E-state index in [-0.39, 0.29) is 30.2 Å². The van der Waals surface area contributed by atoms with Crippen molar-refractivity contribution in [3.8, 4) is 5.69 Å². The molecule has 0 aliphatic heterocycles. The first-order valence-electron chi connectivity index (χ1n) is 8.75. The van der Waals surface area contributed by atoms with Crippen LogP contribution in [0.15, 0.2) is 59.4 Å². The van der Waals surface area contributed by atoms with E-state index in [1.165, 1.54) is 35.0 Å². The molecule has 0 saturated carbocycles. The molecule has 0 bridgehead atoms. The largest absolute Gasteiger partial charge is 0.350 e. The minimum Gasteiger partial charge on any atom is -0.350 e. The van der Waals surface area contributed by atoms with E-state index < -0.39 is 22.0 Å². The van der Waals surface area contributed by atoms with Gasteiger partial charge in [0.15, 0.2) is 5.69 Å². The van der Waals surface area contributed by atoms with Gasteiger partial charge in [-0.2, -0.15) is 5.10 Å². The molecule has 1 aromatic heterocycles. The predicted octanol–water partition coefficient (Wildman–Crippen LogP) is 2.56. The predicted molar refractivity (Wildman–Crippen MR) is 104 cm³/mol. The molecule has 0 aliphatic rings. The first kappa shape index (κ1) is 19.9. The number of nitro benzene ring substituents is 1. The molecule has 0 fully saturated rings. The average Bonchev–Trinajstić information content (AvgIpc) is 2.69. The van der Waals surface area contributed by atoms with E-state index in [4.69, 9.17) is 0 Å². The maximum Gasteiger partial charge on any atom is 0.294 e. The summed E-state index contributed by atoms with van der Waals surface area (Å²) in [5.41, 5.74) is -0.315. The Morgan fingerprint density at radius 3 is 2.62 bits per heavy atom. The molecule has 0 saturated heterocycles. The summed E-state index contributed by atoms with van der Waals surface area (Å²) >= 11 is 0. The number of aryl methyl sites for hydroxylation is 1. The van der Waals surface area contributed by atoms with Crippen LogP contribution in [0.2, 0.25) is 0 Å². The number of carbonyl (C=O) groups excluding carboxylic acids is 1. The van der Waals surface area contributed by atoms with Gasteiger partial charge in [-0.25, -0.2) is 9.07 Å². The molecule has 1 amide bonds. The summed E-state index contributed by atoms with van der Waals surface area (Å²) in [6.07, 6.45) is 0.239. The fraction of sp³-hybridized carbons (Fsp3) is 0.150. The van der Waals surface area contributed by atoms with Crippen molar-refractivity contribution in [2.75, 3.05) is 6.54 Å². The molecule has 148 valence electrons. The van der Waals surface area contributed by atoms with Crippen LogP contribution in [0.3, 0.4) is 0 Å². The number of rotatable bonds is 6. The molecule has 0 atom stereocenters. The molecule has 8 nitrogen and oxygen atoms in total. The third-order valence-electron chi connectivity index (χ3n) is 4.27. The second-order valence-electron chi connectivity index (χ2n) is 6.25. The Balaban J connectivity index is 1.86. The molecule has 2 aromatic carbocycles. The quantitative estimate of drug-likeness (QED) is 0.509. The summed E-state index contributed by atoms with van der Waals surface area (Å²) in [7, 11) is 0. The van der Waals surface area contributed by atoms with Crippen molar-refractivity contribution in [1.82, 2.24) is 15.1 Å². The molecule has 0 radical (unpaired) electrons. The number of para-hydroxylation sites is 2. The third kappa shape index (κ3) is 4.34. The molecule has 1 heterocycles. The smallest absolute Gasteiger partial charge is 0.294 e. The van der Waals surface area contributed by atoms with Gasteiger partial charge in [-0.3, -0.25) is 19.7 Å². The average molecular weight is 396 g/mol. The lowest BCUT2D eigenvalue weighted by Gasteiger charge is -2.11. The molecule has 0 unspecified atom stereocenters. The van der Waals surface area contributed by atoms with Gasteiger partial charge in [0.25, 0.3) is 11.6 Å². The normalized spacial score (nSPS) is 10.6. The lowest BCUT2D eigenvalue weighted by Crippen LogP contribution is -2.33. The van der Waals surface area contributed by atoms with Gasteiger partial charge in [0.05, 0.1) is 4.92 Å². The monoisotopic (exact) mass is 396 g/mol. The van der Waals surface area contributed by atoms with E-state index in [0.717, 1.165) is 0 Å². The van der Waals surface area contributed by atoms with Crippen molar-refractivity contribution in [3.05, 3.63) is 97.7 Å². The number of halogens is 1. The Morgan fingerprint density at radius 2 is 1.90 bits per heavy atom. The van der Waals surface area contributed by atoms with Crippen LogP contribution in [0.4, 0.5) is 10.1 Å². The Kier molecular flexibility index (Phi) is 5.77. The molecule has 29 heavy (non-hydrogen) atoms. The van der Waals surface area contributed by atoms with Crippen LogP contribution in [0.1, 0.15) is 21.7 Å². The number of hydrogen-bond donors (Lipinski definition) is 1. The Morgan fingerprint density at radius 1 is 1.21 bits per heavy atom. The summed E-state index contributed by atoms with van der Waals surface area (Å²) in [5, 5.41) is 17.9. The number of benzene rings is 2. The van der Waals surface area contributed by atoms with Crippen LogP contribution < -0.4 is 10.7 Å². The van der Waals surface area contributed by atoms with Crippen LogP contribution in [0, 0.1) is 22.9 Å². The van der Waals surface area contributed by atoms with E-state index in [1.54, 1.807) is 31.2 Å². The summed E-state index contributed by atoms with van der Waals surface area (Å²) in [5.74, 6) is -1.12. The molecular weight excluding hydrogens is 379 g/mol. The lowest BCUT2D eigenvalue weighted by molar-refractivity contribution is -0.384. The van der Waals surface area contributed by atoms with E-state index >= 15 is 0 Å². The van der Waals surface area contributed by atoms with Crippen LogP contribution in [0.5, 0.6) is 0 Å². The third-order valence-corrected chi connectivity index (χ3v) is 4.27. The number of aromatic nitrogens is 2. The van der Waals surface area contributed by atoms with Gasteiger partial charge in [0.2, 0.25) is 5.43 Å². The highest BCUT2D eigenvalue weighted by Crippen LogP contribution is 2.22. The molecular formula is C20H17FN4O4. The van der Waals surface area contributed by atoms with Gasteiger partial charge >= 0.3 is 0 Å². The Hall–Kier alpha value is -3.88. The summed E-state index contributed by atoms with van der Waals surface area (Å²) in [6.45, 7) is 1.66. The van der Waals surface area contributed by atoms with Crippen molar-refractivity contribution in [3.63, 3.8) is 0 Å². The Bertz CT molecular complexity index is 1140. The van der Waals surface area contributed by atoms with Crippen molar-refractivity contribution in [2.24, 2.45) is 0 Å². The molecule has 3 rings (SSSR count). The van der Waals surface area contributed by atoms with Gasteiger partial charge in [-0.15, -0.1) is 0 Å². The van der Waals surface area contributed by atoms with Gasteiger partial charge in [-0.05, 0) is 31.0 Å². The number of nitro groups is 1. The highest BCUT2D eigenvalue weighted by Gasteiger charge is 2.20. The number of nitrogens with one attached hydrogen (secondary N) is 1. The Labute approximate surface area is 164 Å². The zero-order valence-electron chi connectivity index (χ0n) is 15.5. The fourth-order valence-electron chi connectivity index (χ4n) is 2.84. The van der Waals surface area contributed by atoms with Gasteiger partial charge < -0.3 is 5.32 Å². The van der Waals surface area contributed by atoms with E-state index in [1.807, 2.05) is 0 Å². The number of amides is 1. The van der Waals surface area contributed by atoms with Gasteiger partial charge in [-0.1, -0.05) is 30.3 Å². The maximum atomic E-state index is 13.7. The molecule has 9 heteroatoms. The van der Waals surface area contributed by atoms with E-state index in [2.05, 4.69) is 10.4 Å². The number of carbonyl (C=O) groups is 1. The number of hydrogen-bond acceptors (Lipinski definition) is 5. The van der Waals surface area contributed by atoms with Crippen LogP contribution in [-0.4, -0.2) is 27.2 Å². The minimum atomic E-state index is -0.737. The van der Waals surface area contributed by atoms with Crippen molar-refractivity contribution in [1.29, 1.82) is 0 Å². The molecule has 1 N–H and O–H groups in total. The fourth-order valence-corrected chi connectivity index (χ4v) is 2.84. The number of nitrogens with zero attached hydrogens (tertiary/aromatic N) is 3. The topological polar surface area (TPSA) is 107 Å². The second kappa shape index (κ2) is 8.42. The standard InChI is InChI=1S/C20H17FN4O4/c1-13-12-18(26)19(20(27)22-11-10-14-6-2-3-7-15(14)21)23-24(13)16-8-4-5-9-17(16)25(28)29/h2-9,12H,10-11H2,1H3,(H,22,27). The van der Waals surface area contributed by atoms with Crippen molar-refractivity contribution in [2.45, 2.75) is 13.3 Å². The summed E-state index contributed by atoms with van der Waals surface area (Å²) in [4.78, 5) is 35.4. The van der Waals surface area contributed by atoms with Crippen LogP contribution in [-0.2, 0) is 6.42 Å². The minimum absolute atomic E-state index is 0.0975. The van der Waals surface area contributed by atoms with Crippen molar-refractivity contribution >= 4 is 11.6 Å². The zero-order valence-corrected chi connectivity index (χ0v) is 15.5. The molecule has 3 aromatic rings. The molecule has 0 spiro atoms. The summed E-state index contributed by atoms with van der Waals surface area (Å²) < 4.78 is 14.8. The van der Waals surface area contributed by atoms with Crippen molar-refractivity contribution < 1.29 is 14.1 Å². The second-order valence-corrected chi connectivity index (χ2v) is 6.25. The summed E-state index contributed by atoms with van der Waals surface area (Å²) in [6, 6.07) is 13.3. The van der Waals surface area contributed by atoms with E-state index in [0.29, 0.717) is 11.3 Å². The maximum absolute atomic E-state index is 13.7. The first-order valence-corrected chi connectivity index (χ1v) is 8.75. The van der Waals surface area contributed by atoms with Gasteiger partial charge in [0.1, 0.15) is 11.5 Å². The van der Waals surface area contributed by atoms with Gasteiger partial charge in [0, 0.05) is 24.4 Å². The van der Waals surface area contributed by atoms with Crippen LogP contribution >= 0.6 is 0 Å².